The van der Waals surface area contributed by atoms with Crippen LogP contribution >= 0.6 is 23.2 Å². The summed E-state index contributed by atoms with van der Waals surface area (Å²) in [5.41, 5.74) is 11.9. The van der Waals surface area contributed by atoms with Gasteiger partial charge in [-0.2, -0.15) is 10.2 Å². The summed E-state index contributed by atoms with van der Waals surface area (Å²) >= 11 is 12.2. The maximum absolute atomic E-state index is 13.3. The highest BCUT2D eigenvalue weighted by molar-refractivity contribution is 6.42. The molecule has 0 atom stereocenters. The number of carbonyl (C=O) groups excluding carboxylic acids is 3. The van der Waals surface area contributed by atoms with E-state index in [9.17, 15) is 9.59 Å². The summed E-state index contributed by atoms with van der Waals surface area (Å²) in [5.74, 6) is 0.0488. The molecule has 0 radical (unpaired) electrons. The predicted molar refractivity (Wildman–Crippen MR) is 242 cm³/mol. The number of aromatic nitrogens is 4. The predicted octanol–water partition coefficient (Wildman–Crippen LogP) is 8.64. The third kappa shape index (κ3) is 10.1. The van der Waals surface area contributed by atoms with Gasteiger partial charge in [0.05, 0.1) is 32.8 Å². The van der Waals surface area contributed by atoms with Gasteiger partial charge < -0.3 is 24.4 Å². The van der Waals surface area contributed by atoms with Gasteiger partial charge in [0.25, 0.3) is 11.8 Å². The molecule has 4 aromatic carbocycles. The quantitative estimate of drug-likeness (QED) is 0.166. The molecule has 0 spiro atoms. The lowest BCUT2D eigenvalue weighted by Crippen LogP contribution is -2.49. The van der Waals surface area contributed by atoms with Crippen molar-refractivity contribution in [2.24, 2.45) is 0 Å². The maximum Gasteiger partial charge on any atom is 0.272 e. The van der Waals surface area contributed by atoms with E-state index in [4.69, 9.17) is 28.0 Å². The number of hydrogen-bond donors (Lipinski definition) is 0. The SMILES string of the molecule is C=O.Cc1cccc(-n2nc(C)cc2C(=O)N2CCN(c3ccc(C)c(C)c3)CC2)c1.Cc1cccc(-n2nc(C)cc2C(=O)N2CCN(c3ccc(Cl)c(Cl)c3)CC2)c1. The molecule has 2 aromatic heterocycles. The van der Waals surface area contributed by atoms with Crippen LogP contribution in [0.5, 0.6) is 0 Å². The van der Waals surface area contributed by atoms with Crippen LogP contribution < -0.4 is 9.80 Å². The average molecular weight is 848 g/mol. The fraction of sp³-hybridized carbons (Fsp3) is 0.298. The fourth-order valence-electron chi connectivity index (χ4n) is 7.48. The van der Waals surface area contributed by atoms with E-state index in [1.54, 1.807) is 15.4 Å². The molecule has 60 heavy (non-hydrogen) atoms. The van der Waals surface area contributed by atoms with E-state index in [0.29, 0.717) is 47.6 Å². The molecular weight excluding hydrogens is 795 g/mol. The lowest BCUT2D eigenvalue weighted by molar-refractivity contribution is -0.0980. The van der Waals surface area contributed by atoms with Crippen molar-refractivity contribution in [3.63, 3.8) is 0 Å². The van der Waals surface area contributed by atoms with Crippen molar-refractivity contribution in [1.82, 2.24) is 29.4 Å². The second kappa shape index (κ2) is 19.4. The number of benzene rings is 4. The number of carbonyl (C=O) groups is 3. The first kappa shape index (κ1) is 43.7. The third-order valence-corrected chi connectivity index (χ3v) is 11.6. The van der Waals surface area contributed by atoms with Crippen LogP contribution in [0.25, 0.3) is 11.4 Å². The molecule has 2 amide bonds. The Hall–Kier alpha value is -5.91. The molecule has 0 bridgehead atoms. The highest BCUT2D eigenvalue weighted by atomic mass is 35.5. The topological polar surface area (TPSA) is 99.8 Å². The zero-order valence-corrected chi connectivity index (χ0v) is 36.7. The Morgan fingerprint density at radius 3 is 1.33 bits per heavy atom. The van der Waals surface area contributed by atoms with Crippen LogP contribution in [0.2, 0.25) is 10.0 Å². The van der Waals surface area contributed by atoms with Gasteiger partial charge in [-0.15, -0.1) is 0 Å². The van der Waals surface area contributed by atoms with Gasteiger partial charge in [0, 0.05) is 63.7 Å². The number of hydrogen-bond acceptors (Lipinski definition) is 7. The minimum atomic E-state index is 0.000828. The Morgan fingerprint density at radius 1 is 0.483 bits per heavy atom. The number of piperazine rings is 2. The molecule has 0 N–H and O–H groups in total. The summed E-state index contributed by atoms with van der Waals surface area (Å²) in [5, 5.41) is 10.2. The van der Waals surface area contributed by atoms with Crippen molar-refractivity contribution in [3.8, 4) is 11.4 Å². The molecule has 13 heteroatoms. The molecule has 11 nitrogen and oxygen atoms in total. The Bertz CT molecular complexity index is 2290. The van der Waals surface area contributed by atoms with Crippen LogP contribution in [0.4, 0.5) is 11.4 Å². The van der Waals surface area contributed by atoms with Gasteiger partial charge in [0.15, 0.2) is 0 Å². The lowest BCUT2D eigenvalue weighted by Gasteiger charge is -2.36. The highest BCUT2D eigenvalue weighted by Gasteiger charge is 2.27. The monoisotopic (exact) mass is 846 g/mol. The van der Waals surface area contributed by atoms with Crippen LogP contribution in [-0.2, 0) is 4.79 Å². The van der Waals surface area contributed by atoms with Crippen LogP contribution in [0.15, 0.2) is 97.1 Å². The lowest BCUT2D eigenvalue weighted by atomic mass is 10.1. The number of aryl methyl sites for hydroxylation is 6. The second-order valence-corrected chi connectivity index (χ2v) is 16.1. The zero-order chi connectivity index (χ0) is 43.1. The van der Waals surface area contributed by atoms with E-state index in [1.807, 2.05) is 111 Å². The van der Waals surface area contributed by atoms with E-state index >= 15 is 0 Å². The van der Waals surface area contributed by atoms with Crippen LogP contribution in [0.3, 0.4) is 0 Å². The summed E-state index contributed by atoms with van der Waals surface area (Å²) in [4.78, 5) is 42.9. The second-order valence-electron chi connectivity index (χ2n) is 15.3. The van der Waals surface area contributed by atoms with Crippen molar-refractivity contribution in [2.75, 3.05) is 62.2 Å². The molecule has 0 saturated carbocycles. The minimum Gasteiger partial charge on any atom is -0.368 e. The van der Waals surface area contributed by atoms with Gasteiger partial charge in [-0.25, -0.2) is 9.36 Å². The van der Waals surface area contributed by atoms with Gasteiger partial charge in [0.2, 0.25) is 0 Å². The first-order chi connectivity index (χ1) is 28.8. The zero-order valence-electron chi connectivity index (χ0n) is 35.2. The number of amides is 2. The molecule has 2 aliphatic rings. The van der Waals surface area contributed by atoms with Crippen molar-refractivity contribution < 1.29 is 14.4 Å². The number of halogens is 2. The molecule has 2 aliphatic heterocycles. The van der Waals surface area contributed by atoms with Gasteiger partial charge in [0.1, 0.15) is 18.2 Å². The van der Waals surface area contributed by atoms with Crippen molar-refractivity contribution in [1.29, 1.82) is 0 Å². The van der Waals surface area contributed by atoms with E-state index in [1.165, 1.54) is 16.8 Å². The average Bonchev–Trinajstić information content (AvgIpc) is 3.86. The van der Waals surface area contributed by atoms with E-state index in [0.717, 1.165) is 65.8 Å². The van der Waals surface area contributed by atoms with Crippen molar-refractivity contribution >= 4 is 53.2 Å². The molecule has 2 saturated heterocycles. The summed E-state index contributed by atoms with van der Waals surface area (Å²) in [6.45, 7) is 20.0. The Labute approximate surface area is 362 Å². The fourth-order valence-corrected chi connectivity index (χ4v) is 7.77. The molecule has 0 aliphatic carbocycles. The molecular formula is C47H52Cl2N8O3. The van der Waals surface area contributed by atoms with Crippen LogP contribution in [-0.4, -0.2) is 100 Å². The number of nitrogens with zero attached hydrogens (tertiary/aromatic N) is 8. The smallest absolute Gasteiger partial charge is 0.272 e. The van der Waals surface area contributed by atoms with E-state index in [-0.39, 0.29) is 11.8 Å². The molecule has 0 unspecified atom stereocenters. The molecule has 312 valence electrons. The maximum atomic E-state index is 13.3. The Kier molecular flexibility index (Phi) is 14.1. The van der Waals surface area contributed by atoms with Crippen molar-refractivity contribution in [3.05, 3.63) is 152 Å². The normalized spacial score (nSPS) is 13.9. The summed E-state index contributed by atoms with van der Waals surface area (Å²) in [6.07, 6.45) is 0. The molecule has 8 rings (SSSR count). The van der Waals surface area contributed by atoms with Gasteiger partial charge in [-0.1, -0.05) is 53.5 Å². The number of rotatable bonds is 6. The van der Waals surface area contributed by atoms with E-state index in [2.05, 4.69) is 58.1 Å². The summed E-state index contributed by atoms with van der Waals surface area (Å²) in [7, 11) is 0. The van der Waals surface area contributed by atoms with Gasteiger partial charge >= 0.3 is 0 Å². The first-order valence-corrected chi connectivity index (χ1v) is 20.8. The summed E-state index contributed by atoms with van der Waals surface area (Å²) < 4.78 is 3.52. The molecule has 4 heterocycles. The van der Waals surface area contributed by atoms with Gasteiger partial charge in [-0.05, 0) is 131 Å². The first-order valence-electron chi connectivity index (χ1n) is 20.0. The van der Waals surface area contributed by atoms with Crippen LogP contribution in [0.1, 0.15) is 54.6 Å². The number of anilines is 2. The third-order valence-electron chi connectivity index (χ3n) is 10.9. The molecule has 2 fully saturated rings. The molecule has 6 aromatic rings. The Balaban J connectivity index is 0.000000193. The summed E-state index contributed by atoms with van der Waals surface area (Å²) in [6, 6.07) is 32.1. The van der Waals surface area contributed by atoms with Crippen LogP contribution in [0, 0.1) is 41.5 Å². The van der Waals surface area contributed by atoms with E-state index < -0.39 is 0 Å². The highest BCUT2D eigenvalue weighted by Crippen LogP contribution is 2.28. The standard InChI is InChI=1S/C24H28N4O.C22H22Cl2N4O.CH2O/c1-17-6-5-7-22(14-17)28-23(16-20(4)25-28)24(29)27-12-10-26(11-13-27)21-9-8-18(2)19(3)15-21;1-15-4-3-5-18(12-15)28-21(13-16(2)25-28)22(29)27-10-8-26(9-11-27)17-6-7-19(23)20(24)14-17;1-2/h5-9,14-16H,10-13H2,1-4H3;3-7,12-14H,8-11H2,1-2H3;1H2. The Morgan fingerprint density at radius 2 is 0.917 bits per heavy atom. The van der Waals surface area contributed by atoms with Gasteiger partial charge in [-0.3, -0.25) is 9.59 Å². The van der Waals surface area contributed by atoms with Crippen molar-refractivity contribution in [2.45, 2.75) is 41.5 Å². The largest absolute Gasteiger partial charge is 0.368 e. The minimum absolute atomic E-state index is 0.000828.